The molecule has 16 heavy (non-hydrogen) atoms. The van der Waals surface area contributed by atoms with E-state index in [1.807, 2.05) is 0 Å². The molecule has 0 bridgehead atoms. The number of hydrogen-bond donors (Lipinski definition) is 0. The minimum absolute atomic E-state index is 0.436. The first-order chi connectivity index (χ1) is 7.86. The van der Waals surface area contributed by atoms with Crippen LogP contribution in [0.4, 0.5) is 0 Å². The van der Waals surface area contributed by atoms with Crippen molar-refractivity contribution in [2.75, 3.05) is 26.4 Å². The van der Waals surface area contributed by atoms with Crippen LogP contribution in [0.5, 0.6) is 0 Å². The molecule has 2 nitrogen and oxygen atoms in total. The molecule has 88 valence electrons. The van der Waals surface area contributed by atoms with E-state index < -0.39 is 0 Å². The number of rotatable bonds is 6. The largest absolute Gasteiger partial charge is 0.369 e. The van der Waals surface area contributed by atoms with Gasteiger partial charge >= 0.3 is 0 Å². The average Bonchev–Trinajstić information content (AvgIpc) is 2.32. The van der Waals surface area contributed by atoms with Gasteiger partial charge in [-0.05, 0) is 37.5 Å². The van der Waals surface area contributed by atoms with Gasteiger partial charge < -0.3 is 9.47 Å². The SMILES string of the molecule is C#CCOCC1CCC(COCC#C)CC1. The summed E-state index contributed by atoms with van der Waals surface area (Å²) in [5.74, 6) is 6.33. The zero-order chi connectivity index (χ0) is 11.6. The summed E-state index contributed by atoms with van der Waals surface area (Å²) in [6.07, 6.45) is 15.1. The fraction of sp³-hybridized carbons (Fsp3) is 0.714. The lowest BCUT2D eigenvalue weighted by Crippen LogP contribution is -2.21. The molecule has 2 heteroatoms. The van der Waals surface area contributed by atoms with Gasteiger partial charge in [0.25, 0.3) is 0 Å². The maximum Gasteiger partial charge on any atom is 0.107 e. The highest BCUT2D eigenvalue weighted by Crippen LogP contribution is 2.28. The Bertz CT molecular complexity index is 223. The normalized spacial score (nSPS) is 24.6. The van der Waals surface area contributed by atoms with E-state index in [1.165, 1.54) is 25.7 Å². The highest BCUT2D eigenvalue weighted by molar-refractivity contribution is 4.84. The first kappa shape index (κ1) is 13.1. The Morgan fingerprint density at radius 2 is 1.19 bits per heavy atom. The van der Waals surface area contributed by atoms with Gasteiger partial charge in [0.05, 0.1) is 13.2 Å². The molecule has 0 N–H and O–H groups in total. The molecule has 0 aromatic carbocycles. The smallest absolute Gasteiger partial charge is 0.107 e. The molecule has 1 aliphatic carbocycles. The predicted molar refractivity (Wildman–Crippen MR) is 64.8 cm³/mol. The maximum atomic E-state index is 5.36. The van der Waals surface area contributed by atoms with E-state index in [2.05, 4.69) is 11.8 Å². The van der Waals surface area contributed by atoms with Gasteiger partial charge in [-0.25, -0.2) is 0 Å². The van der Waals surface area contributed by atoms with Gasteiger partial charge in [-0.2, -0.15) is 0 Å². The summed E-state index contributed by atoms with van der Waals surface area (Å²) in [6, 6.07) is 0. The van der Waals surface area contributed by atoms with Crippen LogP contribution in [0.25, 0.3) is 0 Å². The van der Waals surface area contributed by atoms with Crippen LogP contribution in [-0.2, 0) is 9.47 Å². The summed E-state index contributed by atoms with van der Waals surface area (Å²) < 4.78 is 10.7. The molecule has 0 amide bonds. The second-order valence-corrected chi connectivity index (χ2v) is 4.33. The molecule has 0 atom stereocenters. The summed E-state index contributed by atoms with van der Waals surface area (Å²) in [6.45, 7) is 2.49. The number of ether oxygens (including phenoxy) is 2. The molecule has 0 spiro atoms. The Balaban J connectivity index is 2.05. The van der Waals surface area contributed by atoms with Gasteiger partial charge in [-0.1, -0.05) is 11.8 Å². The zero-order valence-electron chi connectivity index (χ0n) is 9.78. The van der Waals surface area contributed by atoms with Crippen molar-refractivity contribution in [3.8, 4) is 24.7 Å². The molecule has 0 aromatic heterocycles. The van der Waals surface area contributed by atoms with Crippen molar-refractivity contribution >= 4 is 0 Å². The van der Waals surface area contributed by atoms with Gasteiger partial charge in [-0.15, -0.1) is 12.8 Å². The topological polar surface area (TPSA) is 18.5 Å². The summed E-state index contributed by atoms with van der Waals surface area (Å²) in [4.78, 5) is 0. The van der Waals surface area contributed by atoms with Crippen molar-refractivity contribution in [1.82, 2.24) is 0 Å². The van der Waals surface area contributed by atoms with Crippen LogP contribution in [0.1, 0.15) is 25.7 Å². The van der Waals surface area contributed by atoms with Crippen molar-refractivity contribution in [1.29, 1.82) is 0 Å². The van der Waals surface area contributed by atoms with Crippen LogP contribution in [0.3, 0.4) is 0 Å². The third-order valence-electron chi connectivity index (χ3n) is 3.04. The Morgan fingerprint density at radius 3 is 1.50 bits per heavy atom. The lowest BCUT2D eigenvalue weighted by molar-refractivity contribution is 0.0685. The summed E-state index contributed by atoms with van der Waals surface area (Å²) in [7, 11) is 0. The summed E-state index contributed by atoms with van der Waals surface area (Å²) in [5.41, 5.74) is 0. The standard InChI is InChI=1S/C14H20O2/c1-3-9-15-11-13-5-7-14(8-6-13)12-16-10-4-2/h1-2,13-14H,5-12H2. The minimum atomic E-state index is 0.436. The van der Waals surface area contributed by atoms with Gasteiger partial charge in [-0.3, -0.25) is 0 Å². The Kier molecular flexibility index (Phi) is 6.74. The molecule has 0 radical (unpaired) electrons. The van der Waals surface area contributed by atoms with Crippen molar-refractivity contribution in [2.45, 2.75) is 25.7 Å². The summed E-state index contributed by atoms with van der Waals surface area (Å²) in [5, 5.41) is 0. The molecule has 0 heterocycles. The highest BCUT2D eigenvalue weighted by Gasteiger charge is 2.21. The lowest BCUT2D eigenvalue weighted by Gasteiger charge is -2.27. The van der Waals surface area contributed by atoms with Gasteiger partial charge in [0.2, 0.25) is 0 Å². The molecule has 0 aromatic rings. The van der Waals surface area contributed by atoms with E-state index in [9.17, 15) is 0 Å². The minimum Gasteiger partial charge on any atom is -0.369 e. The first-order valence-electron chi connectivity index (χ1n) is 5.89. The summed E-state index contributed by atoms with van der Waals surface area (Å²) >= 11 is 0. The monoisotopic (exact) mass is 220 g/mol. The van der Waals surface area contributed by atoms with E-state index in [4.69, 9.17) is 22.3 Å². The molecule has 1 saturated carbocycles. The van der Waals surface area contributed by atoms with Gasteiger partial charge in [0, 0.05) is 0 Å². The van der Waals surface area contributed by atoms with Crippen molar-refractivity contribution in [3.63, 3.8) is 0 Å². The van der Waals surface area contributed by atoms with Gasteiger partial charge in [0.15, 0.2) is 0 Å². The third kappa shape index (κ3) is 5.21. The van der Waals surface area contributed by atoms with Crippen LogP contribution in [-0.4, -0.2) is 26.4 Å². The molecule has 1 rings (SSSR count). The van der Waals surface area contributed by atoms with Crippen molar-refractivity contribution < 1.29 is 9.47 Å². The zero-order valence-corrected chi connectivity index (χ0v) is 9.78. The fourth-order valence-corrected chi connectivity index (χ4v) is 2.13. The lowest BCUT2D eigenvalue weighted by atomic mass is 9.83. The fourth-order valence-electron chi connectivity index (χ4n) is 2.13. The van der Waals surface area contributed by atoms with E-state index in [0.29, 0.717) is 25.0 Å². The molecular weight excluding hydrogens is 200 g/mol. The van der Waals surface area contributed by atoms with Crippen LogP contribution in [0, 0.1) is 36.5 Å². The maximum absolute atomic E-state index is 5.36. The van der Waals surface area contributed by atoms with E-state index in [1.54, 1.807) is 0 Å². The number of hydrogen-bond acceptors (Lipinski definition) is 2. The Labute approximate surface area is 98.7 Å². The van der Waals surface area contributed by atoms with E-state index in [-0.39, 0.29) is 0 Å². The quantitative estimate of drug-likeness (QED) is 0.504. The van der Waals surface area contributed by atoms with Crippen LogP contribution in [0.15, 0.2) is 0 Å². The molecule has 0 aliphatic heterocycles. The molecule has 1 aliphatic rings. The van der Waals surface area contributed by atoms with E-state index in [0.717, 1.165) is 13.2 Å². The molecule has 1 fully saturated rings. The Hall–Kier alpha value is -0.960. The van der Waals surface area contributed by atoms with Gasteiger partial charge in [0.1, 0.15) is 13.2 Å². The first-order valence-corrected chi connectivity index (χ1v) is 5.89. The molecule has 0 saturated heterocycles. The number of terminal acetylenes is 2. The van der Waals surface area contributed by atoms with Crippen LogP contribution < -0.4 is 0 Å². The molecule has 0 unspecified atom stereocenters. The predicted octanol–water partition coefficient (Wildman–Crippen LogP) is 2.09. The van der Waals surface area contributed by atoms with E-state index >= 15 is 0 Å². The second kappa shape index (κ2) is 8.22. The third-order valence-corrected chi connectivity index (χ3v) is 3.04. The van der Waals surface area contributed by atoms with Crippen LogP contribution >= 0.6 is 0 Å². The van der Waals surface area contributed by atoms with Crippen LogP contribution in [0.2, 0.25) is 0 Å². The average molecular weight is 220 g/mol. The van der Waals surface area contributed by atoms with Crippen molar-refractivity contribution in [2.24, 2.45) is 11.8 Å². The highest BCUT2D eigenvalue weighted by atomic mass is 16.5. The molecular formula is C14H20O2. The second-order valence-electron chi connectivity index (χ2n) is 4.33. The Morgan fingerprint density at radius 1 is 0.812 bits per heavy atom. The van der Waals surface area contributed by atoms with Crippen molar-refractivity contribution in [3.05, 3.63) is 0 Å².